The number of aryl methyl sites for hydroxylation is 1. The number of carbonyl (C=O) groups is 2. The molecule has 162 valence electrons. The van der Waals surface area contributed by atoms with Gasteiger partial charge in [-0.15, -0.1) is 0 Å². The number of benzene rings is 2. The molecule has 1 saturated heterocycles. The van der Waals surface area contributed by atoms with Crippen molar-refractivity contribution >= 4 is 11.9 Å². The fourth-order valence-electron chi connectivity index (χ4n) is 2.44. The summed E-state index contributed by atoms with van der Waals surface area (Å²) < 4.78 is 5.55. The smallest absolute Gasteiger partial charge is 0.335 e. The molecule has 1 aromatic heterocycles. The van der Waals surface area contributed by atoms with E-state index in [1.165, 1.54) is 19.5 Å². The summed E-state index contributed by atoms with van der Waals surface area (Å²) in [6.07, 6.45) is 4.89. The lowest BCUT2D eigenvalue weighted by molar-refractivity contribution is 0.0686. The van der Waals surface area contributed by atoms with Gasteiger partial charge in [-0.1, -0.05) is 36.4 Å². The predicted molar refractivity (Wildman–Crippen MR) is 117 cm³/mol. The number of carboxylic acids is 2. The minimum atomic E-state index is -0.879. The molecule has 2 aromatic carbocycles. The first-order valence-electron chi connectivity index (χ1n) is 9.79. The molecule has 3 aromatic rings. The largest absolute Gasteiger partial charge is 0.478 e. The van der Waals surface area contributed by atoms with E-state index in [2.05, 4.69) is 9.88 Å². The standard InChI is InChI=1S/C10H14N2O.2C7H6O2/c1-9-5-10(7-11-6-9)13-8-12-3-2-4-12;2*8-7(9)6-4-2-1-3-5-6/h5-7H,2-4,8H2,1H3;2*1-5H,(H,8,9). The fourth-order valence-corrected chi connectivity index (χ4v) is 2.44. The van der Waals surface area contributed by atoms with Gasteiger partial charge >= 0.3 is 11.9 Å². The van der Waals surface area contributed by atoms with Crippen molar-refractivity contribution in [3.63, 3.8) is 0 Å². The van der Waals surface area contributed by atoms with Crippen LogP contribution < -0.4 is 4.74 Å². The molecule has 0 unspecified atom stereocenters. The summed E-state index contributed by atoms with van der Waals surface area (Å²) in [6, 6.07) is 18.6. The summed E-state index contributed by atoms with van der Waals surface area (Å²) in [5, 5.41) is 16.8. The number of hydrogen-bond donors (Lipinski definition) is 2. The third kappa shape index (κ3) is 9.10. The molecule has 2 heterocycles. The maximum atomic E-state index is 10.2. The van der Waals surface area contributed by atoms with Crippen molar-refractivity contribution in [1.29, 1.82) is 0 Å². The first-order valence-corrected chi connectivity index (χ1v) is 9.79. The summed E-state index contributed by atoms with van der Waals surface area (Å²) in [4.78, 5) is 26.7. The van der Waals surface area contributed by atoms with Gasteiger partial charge in [-0.3, -0.25) is 9.88 Å². The Morgan fingerprint density at radius 2 is 1.42 bits per heavy atom. The third-order valence-corrected chi connectivity index (χ3v) is 4.25. The topological polar surface area (TPSA) is 100.0 Å². The Labute approximate surface area is 181 Å². The highest BCUT2D eigenvalue weighted by molar-refractivity contribution is 5.87. The van der Waals surface area contributed by atoms with Crippen LogP contribution in [0.3, 0.4) is 0 Å². The summed E-state index contributed by atoms with van der Waals surface area (Å²) in [5.74, 6) is -0.891. The van der Waals surface area contributed by atoms with Crippen molar-refractivity contribution in [2.75, 3.05) is 19.8 Å². The number of carboxylic acid groups (broad SMARTS) is 2. The maximum absolute atomic E-state index is 10.2. The fraction of sp³-hybridized carbons (Fsp3) is 0.208. The molecule has 4 rings (SSSR count). The van der Waals surface area contributed by atoms with E-state index in [1.54, 1.807) is 66.9 Å². The number of pyridine rings is 1. The van der Waals surface area contributed by atoms with Crippen molar-refractivity contribution in [3.05, 3.63) is 95.8 Å². The molecule has 0 aliphatic carbocycles. The normalized spacial score (nSPS) is 12.2. The molecule has 1 aliphatic rings. The van der Waals surface area contributed by atoms with Gasteiger partial charge in [0.15, 0.2) is 0 Å². The second-order valence-corrected chi connectivity index (χ2v) is 6.79. The summed E-state index contributed by atoms with van der Waals surface area (Å²) in [6.45, 7) is 5.05. The van der Waals surface area contributed by atoms with Crippen LogP contribution in [0.25, 0.3) is 0 Å². The lowest BCUT2D eigenvalue weighted by atomic mass is 10.2. The average molecular weight is 422 g/mol. The number of nitrogens with zero attached hydrogens (tertiary/aromatic N) is 2. The highest BCUT2D eigenvalue weighted by atomic mass is 16.5. The molecule has 2 N–H and O–H groups in total. The zero-order valence-corrected chi connectivity index (χ0v) is 17.3. The summed E-state index contributed by atoms with van der Waals surface area (Å²) in [7, 11) is 0. The molecule has 31 heavy (non-hydrogen) atoms. The van der Waals surface area contributed by atoms with Gasteiger partial charge in [0.05, 0.1) is 17.3 Å². The quantitative estimate of drug-likeness (QED) is 0.635. The number of aromatic nitrogens is 1. The van der Waals surface area contributed by atoms with Crippen LogP contribution >= 0.6 is 0 Å². The van der Waals surface area contributed by atoms with Gasteiger partial charge < -0.3 is 14.9 Å². The molecule has 7 heteroatoms. The van der Waals surface area contributed by atoms with Crippen molar-refractivity contribution in [1.82, 2.24) is 9.88 Å². The van der Waals surface area contributed by atoms with Crippen LogP contribution in [-0.2, 0) is 0 Å². The van der Waals surface area contributed by atoms with E-state index in [9.17, 15) is 9.59 Å². The van der Waals surface area contributed by atoms with Crippen LogP contribution in [0, 0.1) is 6.92 Å². The number of rotatable bonds is 5. The Bertz CT molecular complexity index is 895. The van der Waals surface area contributed by atoms with E-state index in [4.69, 9.17) is 14.9 Å². The molecule has 1 fully saturated rings. The van der Waals surface area contributed by atoms with Crippen molar-refractivity contribution in [3.8, 4) is 5.75 Å². The SMILES string of the molecule is Cc1cncc(OCN2CCC2)c1.O=C(O)c1ccccc1.O=C(O)c1ccccc1. The van der Waals surface area contributed by atoms with Crippen LogP contribution in [0.5, 0.6) is 5.75 Å². The molecule has 1 aliphatic heterocycles. The number of hydrogen-bond acceptors (Lipinski definition) is 5. The molecular formula is C24H26N2O5. The summed E-state index contributed by atoms with van der Waals surface area (Å²) >= 11 is 0. The molecule has 0 spiro atoms. The monoisotopic (exact) mass is 422 g/mol. The highest BCUT2D eigenvalue weighted by Gasteiger charge is 2.13. The van der Waals surface area contributed by atoms with Gasteiger partial charge in [-0.25, -0.2) is 9.59 Å². The molecule has 0 radical (unpaired) electrons. The van der Waals surface area contributed by atoms with Gasteiger partial charge in [0.1, 0.15) is 12.5 Å². The lowest BCUT2D eigenvalue weighted by Crippen LogP contribution is -2.39. The molecular weight excluding hydrogens is 396 g/mol. The highest BCUT2D eigenvalue weighted by Crippen LogP contribution is 2.12. The van der Waals surface area contributed by atoms with Gasteiger partial charge in [0.2, 0.25) is 0 Å². The van der Waals surface area contributed by atoms with E-state index in [0.717, 1.165) is 11.3 Å². The second kappa shape index (κ2) is 12.8. The van der Waals surface area contributed by atoms with Crippen LogP contribution in [0.15, 0.2) is 79.1 Å². The van der Waals surface area contributed by atoms with Crippen LogP contribution in [-0.4, -0.2) is 51.9 Å². The van der Waals surface area contributed by atoms with Gasteiger partial charge in [-0.2, -0.15) is 0 Å². The lowest BCUT2D eigenvalue weighted by Gasteiger charge is -2.30. The Morgan fingerprint density at radius 1 is 0.903 bits per heavy atom. The van der Waals surface area contributed by atoms with E-state index < -0.39 is 11.9 Å². The minimum Gasteiger partial charge on any atom is -0.478 e. The molecule has 0 saturated carbocycles. The van der Waals surface area contributed by atoms with E-state index >= 15 is 0 Å². The molecule has 7 nitrogen and oxygen atoms in total. The molecule has 0 atom stereocenters. The number of likely N-dealkylation sites (tertiary alicyclic amines) is 1. The maximum Gasteiger partial charge on any atom is 0.335 e. The zero-order chi connectivity index (χ0) is 22.5. The van der Waals surface area contributed by atoms with Gasteiger partial charge in [0, 0.05) is 19.3 Å². The average Bonchev–Trinajstić information content (AvgIpc) is 2.75. The predicted octanol–water partition coefficient (Wildman–Crippen LogP) is 4.20. The molecule has 0 amide bonds. The number of ether oxygens (including phenoxy) is 1. The Kier molecular flexibility index (Phi) is 9.71. The van der Waals surface area contributed by atoms with Crippen LogP contribution in [0.1, 0.15) is 32.7 Å². The van der Waals surface area contributed by atoms with Crippen molar-refractivity contribution < 1.29 is 24.5 Å². The third-order valence-electron chi connectivity index (χ3n) is 4.25. The van der Waals surface area contributed by atoms with Crippen LogP contribution in [0.4, 0.5) is 0 Å². The van der Waals surface area contributed by atoms with Gasteiger partial charge in [0.25, 0.3) is 0 Å². The second-order valence-electron chi connectivity index (χ2n) is 6.79. The Hall–Kier alpha value is -3.71. The molecule has 0 bridgehead atoms. The van der Waals surface area contributed by atoms with Crippen molar-refractivity contribution in [2.45, 2.75) is 13.3 Å². The first-order chi connectivity index (χ1) is 15.0. The van der Waals surface area contributed by atoms with E-state index in [-0.39, 0.29) is 0 Å². The zero-order valence-electron chi connectivity index (χ0n) is 17.3. The Morgan fingerprint density at radius 3 is 1.77 bits per heavy atom. The van der Waals surface area contributed by atoms with Crippen LogP contribution in [0.2, 0.25) is 0 Å². The van der Waals surface area contributed by atoms with Crippen molar-refractivity contribution in [2.24, 2.45) is 0 Å². The Balaban J connectivity index is 0.000000170. The number of aromatic carboxylic acids is 2. The van der Waals surface area contributed by atoms with E-state index in [0.29, 0.717) is 17.9 Å². The minimum absolute atomic E-state index is 0.331. The van der Waals surface area contributed by atoms with Gasteiger partial charge in [-0.05, 0) is 49.2 Å². The summed E-state index contributed by atoms with van der Waals surface area (Å²) in [5.41, 5.74) is 1.80. The van der Waals surface area contributed by atoms with E-state index in [1.807, 2.05) is 19.2 Å². The first kappa shape index (κ1) is 23.6.